The van der Waals surface area contributed by atoms with Crippen molar-refractivity contribution in [3.05, 3.63) is 24.0 Å². The highest BCUT2D eigenvalue weighted by atomic mass is 16.5. The van der Waals surface area contributed by atoms with Gasteiger partial charge in [-0.25, -0.2) is 0 Å². The van der Waals surface area contributed by atoms with Crippen LogP contribution in [0.3, 0.4) is 0 Å². The third kappa shape index (κ3) is 3.21. The van der Waals surface area contributed by atoms with E-state index in [9.17, 15) is 0 Å². The molecule has 1 rings (SSSR count). The highest BCUT2D eigenvalue weighted by Gasteiger charge is 2.32. The summed E-state index contributed by atoms with van der Waals surface area (Å²) in [7, 11) is 6.15. The maximum absolute atomic E-state index is 5.51. The summed E-state index contributed by atoms with van der Waals surface area (Å²) >= 11 is 0. The molecule has 1 aromatic rings. The molecular weight excluding hydrogens is 226 g/mol. The molecule has 4 nitrogen and oxygen atoms in total. The first-order valence-electron chi connectivity index (χ1n) is 6.36. The minimum absolute atomic E-state index is 0.0126. The molecule has 0 aliphatic rings. The smallest absolute Gasteiger partial charge is 0.137 e. The van der Waals surface area contributed by atoms with Crippen molar-refractivity contribution in [1.29, 1.82) is 0 Å². The van der Waals surface area contributed by atoms with Crippen LogP contribution in [0.4, 0.5) is 0 Å². The number of rotatable bonds is 6. The minimum atomic E-state index is -0.0126. The van der Waals surface area contributed by atoms with Crippen LogP contribution in [0.2, 0.25) is 0 Å². The van der Waals surface area contributed by atoms with Gasteiger partial charge in [-0.3, -0.25) is 4.98 Å². The van der Waals surface area contributed by atoms with Gasteiger partial charge in [-0.1, -0.05) is 0 Å². The van der Waals surface area contributed by atoms with Gasteiger partial charge in [0.05, 0.1) is 18.8 Å². The summed E-state index contributed by atoms with van der Waals surface area (Å²) in [5, 5.41) is 3.37. The second-order valence-electron chi connectivity index (χ2n) is 5.16. The number of hydrogen-bond donors (Lipinski definition) is 1. The Kier molecular flexibility index (Phi) is 5.11. The largest absolute Gasteiger partial charge is 0.492 e. The highest BCUT2D eigenvalue weighted by Crippen LogP contribution is 2.30. The molecule has 0 aromatic carbocycles. The lowest BCUT2D eigenvalue weighted by atomic mass is 9.88. The molecule has 0 bridgehead atoms. The van der Waals surface area contributed by atoms with Crippen molar-refractivity contribution < 1.29 is 4.74 Å². The van der Waals surface area contributed by atoms with Gasteiger partial charge in [0.2, 0.25) is 0 Å². The summed E-state index contributed by atoms with van der Waals surface area (Å²) in [5.74, 6) is 0.824. The van der Waals surface area contributed by atoms with E-state index in [0.717, 1.165) is 11.3 Å². The van der Waals surface area contributed by atoms with Crippen molar-refractivity contribution in [2.24, 2.45) is 0 Å². The zero-order chi connectivity index (χ0) is 13.8. The first-order chi connectivity index (χ1) is 8.43. The van der Waals surface area contributed by atoms with Crippen molar-refractivity contribution in [3.63, 3.8) is 0 Å². The van der Waals surface area contributed by atoms with E-state index in [1.165, 1.54) is 0 Å². The normalized spacial score (nSPS) is 13.7. The zero-order valence-electron chi connectivity index (χ0n) is 12.3. The van der Waals surface area contributed by atoms with E-state index in [1.54, 1.807) is 6.20 Å². The molecule has 0 radical (unpaired) electrons. The van der Waals surface area contributed by atoms with Crippen LogP contribution < -0.4 is 10.1 Å². The fraction of sp³-hybridized carbons (Fsp3) is 0.643. The van der Waals surface area contributed by atoms with Crippen LogP contribution in [-0.2, 0) is 0 Å². The van der Waals surface area contributed by atoms with Gasteiger partial charge in [-0.2, -0.15) is 0 Å². The van der Waals surface area contributed by atoms with Crippen LogP contribution in [0.25, 0.3) is 0 Å². The number of hydrogen-bond acceptors (Lipinski definition) is 4. The molecule has 0 amide bonds. The van der Waals surface area contributed by atoms with Crippen molar-refractivity contribution in [2.45, 2.75) is 32.4 Å². The fourth-order valence-corrected chi connectivity index (χ4v) is 2.03. The molecule has 1 N–H and O–H groups in total. The molecule has 1 atom stereocenters. The fourth-order valence-electron chi connectivity index (χ4n) is 2.03. The van der Waals surface area contributed by atoms with Crippen LogP contribution in [0.1, 0.15) is 32.4 Å². The van der Waals surface area contributed by atoms with Crippen LogP contribution in [-0.4, -0.2) is 43.2 Å². The Hall–Kier alpha value is -1.13. The Morgan fingerprint density at radius 2 is 2.06 bits per heavy atom. The molecule has 0 saturated heterocycles. The molecule has 102 valence electrons. The summed E-state index contributed by atoms with van der Waals surface area (Å²) in [4.78, 5) is 6.47. The molecule has 0 fully saturated rings. The number of aromatic nitrogens is 1. The maximum atomic E-state index is 5.51. The maximum Gasteiger partial charge on any atom is 0.137 e. The quantitative estimate of drug-likeness (QED) is 0.840. The van der Waals surface area contributed by atoms with E-state index in [0.29, 0.717) is 6.61 Å². The average Bonchev–Trinajstić information content (AvgIpc) is 2.30. The predicted octanol–water partition coefficient (Wildman–Crippen LogP) is 2.08. The second-order valence-corrected chi connectivity index (χ2v) is 5.16. The van der Waals surface area contributed by atoms with Crippen molar-refractivity contribution >= 4 is 0 Å². The zero-order valence-corrected chi connectivity index (χ0v) is 12.3. The van der Waals surface area contributed by atoms with Gasteiger partial charge in [-0.05, 0) is 53.5 Å². The van der Waals surface area contributed by atoms with Gasteiger partial charge in [0.25, 0.3) is 0 Å². The molecule has 1 aromatic heterocycles. The van der Waals surface area contributed by atoms with Crippen molar-refractivity contribution in [1.82, 2.24) is 15.2 Å². The highest BCUT2D eigenvalue weighted by molar-refractivity contribution is 5.28. The molecule has 0 spiro atoms. The van der Waals surface area contributed by atoms with E-state index < -0.39 is 0 Å². The molecule has 0 aliphatic heterocycles. The van der Waals surface area contributed by atoms with Gasteiger partial charge in [0.1, 0.15) is 5.75 Å². The lowest BCUT2D eigenvalue weighted by molar-refractivity contribution is 0.142. The number of ether oxygens (including phenoxy) is 1. The van der Waals surface area contributed by atoms with Gasteiger partial charge >= 0.3 is 0 Å². The molecule has 1 heterocycles. The van der Waals surface area contributed by atoms with E-state index in [1.807, 2.05) is 20.2 Å². The predicted molar refractivity (Wildman–Crippen MR) is 75.0 cm³/mol. The van der Waals surface area contributed by atoms with Crippen molar-refractivity contribution in [3.8, 4) is 5.75 Å². The number of nitrogens with zero attached hydrogens (tertiary/aromatic N) is 2. The summed E-state index contributed by atoms with van der Waals surface area (Å²) in [5.41, 5.74) is 1.13. The summed E-state index contributed by atoms with van der Waals surface area (Å²) in [6.07, 6.45) is 3.65. The van der Waals surface area contributed by atoms with Crippen LogP contribution in [0.5, 0.6) is 5.75 Å². The lowest BCUT2D eigenvalue weighted by Gasteiger charge is -2.40. The molecule has 4 heteroatoms. The SMILES string of the molecule is CCOc1cncc(C(NC)C(C)(C)N(C)C)c1. The van der Waals surface area contributed by atoms with E-state index in [2.05, 4.69) is 49.2 Å². The van der Waals surface area contributed by atoms with Gasteiger partial charge in [0, 0.05) is 11.7 Å². The van der Waals surface area contributed by atoms with E-state index in [-0.39, 0.29) is 11.6 Å². The Balaban J connectivity index is 3.05. The monoisotopic (exact) mass is 251 g/mol. The van der Waals surface area contributed by atoms with Gasteiger partial charge in [-0.15, -0.1) is 0 Å². The Morgan fingerprint density at radius 3 is 2.56 bits per heavy atom. The topological polar surface area (TPSA) is 37.4 Å². The second kappa shape index (κ2) is 6.16. The number of nitrogens with one attached hydrogen (secondary N) is 1. The van der Waals surface area contributed by atoms with Crippen LogP contribution in [0, 0.1) is 0 Å². The molecular formula is C14H25N3O. The average molecular weight is 251 g/mol. The van der Waals surface area contributed by atoms with Crippen molar-refractivity contribution in [2.75, 3.05) is 27.7 Å². The van der Waals surface area contributed by atoms with E-state index >= 15 is 0 Å². The Morgan fingerprint density at radius 1 is 1.39 bits per heavy atom. The summed E-state index contributed by atoms with van der Waals surface area (Å²) in [6, 6.07) is 2.25. The first-order valence-corrected chi connectivity index (χ1v) is 6.36. The first kappa shape index (κ1) is 14.9. The van der Waals surface area contributed by atoms with Gasteiger partial charge < -0.3 is 15.0 Å². The molecule has 18 heavy (non-hydrogen) atoms. The number of pyridine rings is 1. The molecule has 0 saturated carbocycles. The van der Waals surface area contributed by atoms with Crippen LogP contribution in [0.15, 0.2) is 18.5 Å². The standard InChI is InChI=1S/C14H25N3O/c1-7-18-12-8-11(9-16-10-12)13(15-4)14(2,3)17(5)6/h8-10,13,15H,7H2,1-6H3. The lowest BCUT2D eigenvalue weighted by Crippen LogP contribution is -2.48. The Bertz CT molecular complexity index is 377. The van der Waals surface area contributed by atoms with Crippen LogP contribution >= 0.6 is 0 Å². The third-order valence-corrected chi connectivity index (χ3v) is 3.53. The third-order valence-electron chi connectivity index (χ3n) is 3.53. The number of likely N-dealkylation sites (N-methyl/N-ethyl adjacent to an activating group) is 2. The minimum Gasteiger partial charge on any atom is -0.492 e. The summed E-state index contributed by atoms with van der Waals surface area (Å²) < 4.78 is 5.51. The van der Waals surface area contributed by atoms with Gasteiger partial charge in [0.15, 0.2) is 0 Å². The summed E-state index contributed by atoms with van der Waals surface area (Å²) in [6.45, 7) is 7.06. The molecule has 0 aliphatic carbocycles. The molecule has 1 unspecified atom stereocenters. The van der Waals surface area contributed by atoms with E-state index in [4.69, 9.17) is 4.74 Å². The Labute approximate surface area is 110 Å².